The van der Waals surface area contributed by atoms with Crippen molar-refractivity contribution < 1.29 is 4.74 Å². The monoisotopic (exact) mass is 313 g/mol. The fraction of sp³-hybridized carbons (Fsp3) is 0.600. The lowest BCUT2D eigenvalue weighted by atomic mass is 10.2. The second-order valence-corrected chi connectivity index (χ2v) is 5.67. The molecule has 0 unspecified atom stereocenters. The van der Waals surface area contributed by atoms with Crippen molar-refractivity contribution in [1.82, 2.24) is 5.32 Å². The third-order valence-corrected chi connectivity index (χ3v) is 3.26. The Hall–Kier alpha value is -0.540. The van der Waals surface area contributed by atoms with Gasteiger partial charge in [0.2, 0.25) is 0 Å². The van der Waals surface area contributed by atoms with Gasteiger partial charge in [0, 0.05) is 6.54 Å². The minimum absolute atomic E-state index is 0.208. The van der Waals surface area contributed by atoms with Crippen LogP contribution >= 0.6 is 15.9 Å². The molecule has 0 bridgehead atoms. The van der Waals surface area contributed by atoms with E-state index in [1.807, 2.05) is 19.9 Å². The molecule has 0 saturated heterocycles. The predicted molar refractivity (Wildman–Crippen MR) is 81.1 cm³/mol. The van der Waals surface area contributed by atoms with Gasteiger partial charge < -0.3 is 10.1 Å². The Kier molecular flexibility index (Phi) is 7.36. The highest BCUT2D eigenvalue weighted by atomic mass is 79.9. The Morgan fingerprint density at radius 1 is 1.28 bits per heavy atom. The Morgan fingerprint density at radius 3 is 2.67 bits per heavy atom. The topological polar surface area (TPSA) is 21.3 Å². The van der Waals surface area contributed by atoms with E-state index >= 15 is 0 Å². The fourth-order valence-electron chi connectivity index (χ4n) is 1.74. The van der Waals surface area contributed by atoms with Crippen molar-refractivity contribution in [1.29, 1.82) is 0 Å². The van der Waals surface area contributed by atoms with Gasteiger partial charge in [-0.1, -0.05) is 25.8 Å². The van der Waals surface area contributed by atoms with Crippen LogP contribution in [-0.4, -0.2) is 12.6 Å². The second-order valence-electron chi connectivity index (χ2n) is 4.82. The Balaban J connectivity index is 2.41. The molecule has 0 atom stereocenters. The van der Waals surface area contributed by atoms with Crippen LogP contribution in [0.15, 0.2) is 22.7 Å². The summed E-state index contributed by atoms with van der Waals surface area (Å²) in [6.45, 7) is 8.32. The summed E-state index contributed by atoms with van der Waals surface area (Å²) in [5.41, 5.74) is 1.29. The average Bonchev–Trinajstić information content (AvgIpc) is 2.32. The largest absolute Gasteiger partial charge is 0.490 e. The molecule has 102 valence electrons. The minimum Gasteiger partial charge on any atom is -0.490 e. The SMILES string of the molecule is CCCCCNCc1ccc(OC(C)C)c(Br)c1. The molecule has 0 heterocycles. The molecule has 0 spiro atoms. The number of benzene rings is 1. The molecule has 3 heteroatoms. The molecule has 0 aliphatic heterocycles. The smallest absolute Gasteiger partial charge is 0.133 e. The zero-order chi connectivity index (χ0) is 13.4. The summed E-state index contributed by atoms with van der Waals surface area (Å²) in [5, 5.41) is 3.46. The molecule has 1 rings (SSSR count). The molecule has 0 aliphatic carbocycles. The third-order valence-electron chi connectivity index (χ3n) is 2.65. The number of nitrogens with one attached hydrogen (secondary N) is 1. The van der Waals surface area contributed by atoms with Crippen LogP contribution in [0, 0.1) is 0 Å². The minimum atomic E-state index is 0.208. The van der Waals surface area contributed by atoms with E-state index in [1.54, 1.807) is 0 Å². The van der Waals surface area contributed by atoms with Crippen LogP contribution in [0.25, 0.3) is 0 Å². The zero-order valence-electron chi connectivity index (χ0n) is 11.6. The maximum Gasteiger partial charge on any atom is 0.133 e. The normalized spacial score (nSPS) is 10.9. The predicted octanol–water partition coefficient (Wildman–Crippen LogP) is 4.52. The highest BCUT2D eigenvalue weighted by molar-refractivity contribution is 9.10. The van der Waals surface area contributed by atoms with Gasteiger partial charge in [-0.2, -0.15) is 0 Å². The molecule has 0 radical (unpaired) electrons. The van der Waals surface area contributed by atoms with Gasteiger partial charge in [-0.15, -0.1) is 0 Å². The van der Waals surface area contributed by atoms with E-state index in [0.717, 1.165) is 23.3 Å². The summed E-state index contributed by atoms with van der Waals surface area (Å²) in [4.78, 5) is 0. The summed E-state index contributed by atoms with van der Waals surface area (Å²) >= 11 is 3.56. The standard InChI is InChI=1S/C15H24BrNO/c1-4-5-6-9-17-11-13-7-8-15(14(16)10-13)18-12(2)3/h7-8,10,12,17H,4-6,9,11H2,1-3H3. The second kappa shape index (κ2) is 8.54. The lowest BCUT2D eigenvalue weighted by Crippen LogP contribution is -2.14. The Morgan fingerprint density at radius 2 is 2.06 bits per heavy atom. The molecule has 1 aromatic carbocycles. The number of ether oxygens (including phenoxy) is 1. The maximum absolute atomic E-state index is 5.69. The summed E-state index contributed by atoms with van der Waals surface area (Å²) in [6.07, 6.45) is 4.04. The first-order valence-electron chi connectivity index (χ1n) is 6.79. The first-order valence-corrected chi connectivity index (χ1v) is 7.58. The van der Waals surface area contributed by atoms with Crippen molar-refractivity contribution >= 4 is 15.9 Å². The molecule has 2 nitrogen and oxygen atoms in total. The zero-order valence-corrected chi connectivity index (χ0v) is 13.2. The summed E-state index contributed by atoms with van der Waals surface area (Å²) in [7, 11) is 0. The molecular weight excluding hydrogens is 290 g/mol. The molecule has 1 N–H and O–H groups in total. The summed E-state index contributed by atoms with van der Waals surface area (Å²) in [5.74, 6) is 0.916. The number of hydrogen-bond acceptors (Lipinski definition) is 2. The Bertz CT molecular complexity index is 352. The van der Waals surface area contributed by atoms with E-state index in [1.165, 1.54) is 24.8 Å². The first kappa shape index (κ1) is 15.5. The Labute approximate surface area is 119 Å². The van der Waals surface area contributed by atoms with E-state index in [2.05, 4.69) is 40.3 Å². The van der Waals surface area contributed by atoms with Gasteiger partial charge >= 0.3 is 0 Å². The van der Waals surface area contributed by atoms with Crippen molar-refractivity contribution in [2.75, 3.05) is 6.54 Å². The van der Waals surface area contributed by atoms with Crippen molar-refractivity contribution in [2.24, 2.45) is 0 Å². The van der Waals surface area contributed by atoms with Crippen LogP contribution in [0.2, 0.25) is 0 Å². The van der Waals surface area contributed by atoms with Crippen molar-refractivity contribution in [3.63, 3.8) is 0 Å². The molecule has 0 saturated carbocycles. The van der Waals surface area contributed by atoms with E-state index in [-0.39, 0.29) is 6.10 Å². The number of halogens is 1. The van der Waals surface area contributed by atoms with Crippen molar-refractivity contribution in [2.45, 2.75) is 52.7 Å². The maximum atomic E-state index is 5.69. The van der Waals surface area contributed by atoms with Crippen LogP contribution in [-0.2, 0) is 6.54 Å². The first-order chi connectivity index (χ1) is 8.63. The van der Waals surface area contributed by atoms with Gasteiger partial charge in [-0.05, 0) is 60.4 Å². The van der Waals surface area contributed by atoms with E-state index in [9.17, 15) is 0 Å². The van der Waals surface area contributed by atoms with Crippen LogP contribution in [0.3, 0.4) is 0 Å². The van der Waals surface area contributed by atoms with E-state index < -0.39 is 0 Å². The molecular formula is C15H24BrNO. The molecule has 0 aromatic heterocycles. The lowest BCUT2D eigenvalue weighted by molar-refractivity contribution is 0.241. The highest BCUT2D eigenvalue weighted by Crippen LogP contribution is 2.26. The van der Waals surface area contributed by atoms with E-state index in [4.69, 9.17) is 4.74 Å². The van der Waals surface area contributed by atoms with Crippen LogP contribution < -0.4 is 10.1 Å². The van der Waals surface area contributed by atoms with Crippen LogP contribution in [0.4, 0.5) is 0 Å². The van der Waals surface area contributed by atoms with Crippen molar-refractivity contribution in [3.8, 4) is 5.75 Å². The van der Waals surface area contributed by atoms with E-state index in [0.29, 0.717) is 0 Å². The third kappa shape index (κ3) is 5.87. The number of hydrogen-bond donors (Lipinski definition) is 1. The fourth-order valence-corrected chi connectivity index (χ4v) is 2.26. The van der Waals surface area contributed by atoms with Gasteiger partial charge in [-0.25, -0.2) is 0 Å². The number of unbranched alkanes of at least 4 members (excludes halogenated alkanes) is 2. The number of rotatable bonds is 8. The molecule has 0 fully saturated rings. The van der Waals surface area contributed by atoms with Gasteiger partial charge in [-0.3, -0.25) is 0 Å². The van der Waals surface area contributed by atoms with Crippen molar-refractivity contribution in [3.05, 3.63) is 28.2 Å². The molecule has 0 aliphatic rings. The molecule has 1 aromatic rings. The van der Waals surface area contributed by atoms with Gasteiger partial charge in [0.25, 0.3) is 0 Å². The summed E-state index contributed by atoms with van der Waals surface area (Å²) in [6, 6.07) is 6.28. The quantitative estimate of drug-likeness (QED) is 0.713. The molecule has 18 heavy (non-hydrogen) atoms. The van der Waals surface area contributed by atoms with Gasteiger partial charge in [0.1, 0.15) is 5.75 Å². The highest BCUT2D eigenvalue weighted by Gasteiger charge is 2.04. The summed E-state index contributed by atoms with van der Waals surface area (Å²) < 4.78 is 6.72. The van der Waals surface area contributed by atoms with Crippen LogP contribution in [0.1, 0.15) is 45.6 Å². The van der Waals surface area contributed by atoms with Gasteiger partial charge in [0.05, 0.1) is 10.6 Å². The van der Waals surface area contributed by atoms with Crippen LogP contribution in [0.5, 0.6) is 5.75 Å². The lowest BCUT2D eigenvalue weighted by Gasteiger charge is -2.12. The average molecular weight is 314 g/mol. The van der Waals surface area contributed by atoms with Gasteiger partial charge in [0.15, 0.2) is 0 Å². The molecule has 0 amide bonds.